The Balaban J connectivity index is 2.11. The summed E-state index contributed by atoms with van der Waals surface area (Å²) in [7, 11) is 0. The van der Waals surface area contributed by atoms with Gasteiger partial charge in [-0.25, -0.2) is 8.78 Å². The molecule has 0 saturated carbocycles. The van der Waals surface area contributed by atoms with Gasteiger partial charge in [-0.1, -0.05) is 6.07 Å². The number of nitrogens with one attached hydrogen (secondary N) is 1. The van der Waals surface area contributed by atoms with E-state index >= 15 is 0 Å². The number of halogens is 2. The van der Waals surface area contributed by atoms with E-state index in [9.17, 15) is 8.78 Å². The van der Waals surface area contributed by atoms with Gasteiger partial charge in [0.25, 0.3) is 0 Å². The highest BCUT2D eigenvalue weighted by Crippen LogP contribution is 2.16. The highest BCUT2D eigenvalue weighted by Gasteiger charge is 2.07. The Labute approximate surface area is 90.4 Å². The maximum atomic E-state index is 13.2. The molecule has 1 N–H and O–H groups in total. The number of anilines is 1. The molecule has 2 rings (SSSR count). The molecule has 78 valence electrons. The molecule has 0 bridgehead atoms. The summed E-state index contributed by atoms with van der Waals surface area (Å²) in [6.07, 6.45) is 0. The monoisotopic (exact) mass is 225 g/mol. The van der Waals surface area contributed by atoms with E-state index in [1.54, 1.807) is 0 Å². The molecule has 1 nitrogen and oxygen atoms in total. The molecule has 0 unspecified atom stereocenters. The van der Waals surface area contributed by atoms with Crippen LogP contribution in [-0.4, -0.2) is 0 Å². The first-order chi connectivity index (χ1) is 7.27. The van der Waals surface area contributed by atoms with Crippen LogP contribution in [0.2, 0.25) is 0 Å². The van der Waals surface area contributed by atoms with Crippen molar-refractivity contribution in [3.63, 3.8) is 0 Å². The zero-order valence-electron chi connectivity index (χ0n) is 7.84. The van der Waals surface area contributed by atoms with Gasteiger partial charge in [-0.2, -0.15) is 11.3 Å². The van der Waals surface area contributed by atoms with Crippen molar-refractivity contribution in [1.29, 1.82) is 0 Å². The molecular weight excluding hydrogens is 216 g/mol. The molecule has 0 saturated heterocycles. The third-order valence-corrected chi connectivity index (χ3v) is 2.74. The van der Waals surface area contributed by atoms with Crippen molar-refractivity contribution in [1.82, 2.24) is 0 Å². The minimum absolute atomic E-state index is 0.0729. The Morgan fingerprint density at radius 2 is 1.87 bits per heavy atom. The molecule has 1 aromatic carbocycles. The Bertz CT molecular complexity index is 420. The molecule has 0 fully saturated rings. The maximum absolute atomic E-state index is 13.2. The van der Waals surface area contributed by atoms with Crippen molar-refractivity contribution in [2.45, 2.75) is 6.54 Å². The number of hydrogen-bond acceptors (Lipinski definition) is 2. The highest BCUT2D eigenvalue weighted by molar-refractivity contribution is 7.08. The second kappa shape index (κ2) is 4.40. The standard InChI is InChI=1S/C11H9F2NS/c12-10-2-1-3-11(13)9(10)6-14-8-4-5-15-7-8/h1-5,7,14H,6H2. The van der Waals surface area contributed by atoms with Crippen LogP contribution in [0.4, 0.5) is 14.5 Å². The van der Waals surface area contributed by atoms with E-state index in [1.807, 2.05) is 16.8 Å². The first-order valence-electron chi connectivity index (χ1n) is 4.46. The quantitative estimate of drug-likeness (QED) is 0.841. The van der Waals surface area contributed by atoms with Crippen molar-refractivity contribution >= 4 is 17.0 Å². The van der Waals surface area contributed by atoms with E-state index in [1.165, 1.54) is 29.5 Å². The topological polar surface area (TPSA) is 12.0 Å². The van der Waals surface area contributed by atoms with E-state index in [4.69, 9.17) is 0 Å². The lowest BCUT2D eigenvalue weighted by Gasteiger charge is -2.06. The molecule has 1 aromatic heterocycles. The van der Waals surface area contributed by atoms with Gasteiger partial charge < -0.3 is 5.32 Å². The predicted molar refractivity (Wildman–Crippen MR) is 58.0 cm³/mol. The van der Waals surface area contributed by atoms with Gasteiger partial charge in [-0.05, 0) is 23.6 Å². The van der Waals surface area contributed by atoms with Crippen LogP contribution in [0.5, 0.6) is 0 Å². The van der Waals surface area contributed by atoms with Gasteiger partial charge in [-0.15, -0.1) is 0 Å². The zero-order valence-corrected chi connectivity index (χ0v) is 8.65. The van der Waals surface area contributed by atoms with E-state index in [-0.39, 0.29) is 12.1 Å². The lowest BCUT2D eigenvalue weighted by atomic mass is 10.2. The molecule has 1 heterocycles. The summed E-state index contributed by atoms with van der Waals surface area (Å²) < 4.78 is 26.4. The summed E-state index contributed by atoms with van der Waals surface area (Å²) in [6, 6.07) is 5.74. The van der Waals surface area contributed by atoms with E-state index in [2.05, 4.69) is 5.32 Å². The number of benzene rings is 1. The van der Waals surface area contributed by atoms with Crippen molar-refractivity contribution in [3.05, 3.63) is 52.2 Å². The van der Waals surface area contributed by atoms with Gasteiger partial charge in [0.05, 0.1) is 0 Å². The molecule has 0 aliphatic rings. The summed E-state index contributed by atoms with van der Waals surface area (Å²) in [5.74, 6) is -1.03. The van der Waals surface area contributed by atoms with Gasteiger partial charge in [-0.3, -0.25) is 0 Å². The van der Waals surface area contributed by atoms with Crippen LogP contribution >= 0.6 is 11.3 Å². The maximum Gasteiger partial charge on any atom is 0.131 e. The number of rotatable bonds is 3. The van der Waals surface area contributed by atoms with Crippen LogP contribution in [0, 0.1) is 11.6 Å². The second-order valence-electron chi connectivity index (χ2n) is 3.07. The van der Waals surface area contributed by atoms with Crippen LogP contribution in [0.3, 0.4) is 0 Å². The predicted octanol–water partition coefficient (Wildman–Crippen LogP) is 3.64. The Hall–Kier alpha value is -1.42. The largest absolute Gasteiger partial charge is 0.380 e. The van der Waals surface area contributed by atoms with E-state index in [0.29, 0.717) is 0 Å². The van der Waals surface area contributed by atoms with Crippen LogP contribution in [0.15, 0.2) is 35.0 Å². The van der Waals surface area contributed by atoms with Crippen molar-refractivity contribution in [2.24, 2.45) is 0 Å². The third-order valence-electron chi connectivity index (χ3n) is 2.05. The second-order valence-corrected chi connectivity index (χ2v) is 3.85. The number of thiophene rings is 1. The fourth-order valence-corrected chi connectivity index (χ4v) is 1.87. The van der Waals surface area contributed by atoms with Crippen molar-refractivity contribution < 1.29 is 8.78 Å². The Morgan fingerprint density at radius 1 is 1.13 bits per heavy atom. The van der Waals surface area contributed by atoms with Crippen LogP contribution in [0.25, 0.3) is 0 Å². The smallest absolute Gasteiger partial charge is 0.131 e. The van der Waals surface area contributed by atoms with E-state index < -0.39 is 11.6 Å². The lowest BCUT2D eigenvalue weighted by Crippen LogP contribution is -2.03. The van der Waals surface area contributed by atoms with Crippen LogP contribution in [0.1, 0.15) is 5.56 Å². The molecular formula is C11H9F2NS. The van der Waals surface area contributed by atoms with Crippen molar-refractivity contribution in [3.8, 4) is 0 Å². The molecule has 0 aliphatic carbocycles. The molecule has 4 heteroatoms. The molecule has 0 aliphatic heterocycles. The van der Waals surface area contributed by atoms with Gasteiger partial charge in [0.2, 0.25) is 0 Å². The average molecular weight is 225 g/mol. The molecule has 0 spiro atoms. The average Bonchev–Trinajstić information content (AvgIpc) is 2.70. The fraction of sp³-hybridized carbons (Fsp3) is 0.0909. The highest BCUT2D eigenvalue weighted by atomic mass is 32.1. The lowest BCUT2D eigenvalue weighted by molar-refractivity contribution is 0.560. The fourth-order valence-electron chi connectivity index (χ4n) is 1.26. The van der Waals surface area contributed by atoms with Crippen molar-refractivity contribution in [2.75, 3.05) is 5.32 Å². The summed E-state index contributed by atoms with van der Waals surface area (Å²) in [5, 5.41) is 6.74. The minimum atomic E-state index is -0.516. The van der Waals surface area contributed by atoms with Gasteiger partial charge in [0, 0.05) is 23.2 Å². The summed E-state index contributed by atoms with van der Waals surface area (Å²) in [6.45, 7) is 0.162. The van der Waals surface area contributed by atoms with Crippen LogP contribution in [-0.2, 0) is 6.54 Å². The summed E-state index contributed by atoms with van der Waals surface area (Å²) >= 11 is 1.53. The van der Waals surface area contributed by atoms with Crippen LogP contribution < -0.4 is 5.32 Å². The normalized spacial score (nSPS) is 10.3. The first-order valence-corrected chi connectivity index (χ1v) is 5.40. The first kappa shape index (κ1) is 10.1. The van der Waals surface area contributed by atoms with Gasteiger partial charge >= 0.3 is 0 Å². The Morgan fingerprint density at radius 3 is 2.47 bits per heavy atom. The summed E-state index contributed by atoms with van der Waals surface area (Å²) in [4.78, 5) is 0. The van der Waals surface area contributed by atoms with Gasteiger partial charge in [0.1, 0.15) is 11.6 Å². The minimum Gasteiger partial charge on any atom is -0.380 e. The summed E-state index contributed by atoms with van der Waals surface area (Å²) in [5.41, 5.74) is 0.950. The van der Waals surface area contributed by atoms with E-state index in [0.717, 1.165) is 5.69 Å². The van der Waals surface area contributed by atoms with Gasteiger partial charge in [0.15, 0.2) is 0 Å². The molecule has 2 aromatic rings. The zero-order chi connectivity index (χ0) is 10.7. The Kier molecular flexibility index (Phi) is 2.97. The molecule has 15 heavy (non-hydrogen) atoms. The molecule has 0 radical (unpaired) electrons. The molecule has 0 atom stereocenters. The molecule has 0 amide bonds. The SMILES string of the molecule is Fc1cccc(F)c1CNc1ccsc1. The third kappa shape index (κ3) is 2.33. The number of hydrogen-bond donors (Lipinski definition) is 1.